The fourth-order valence-corrected chi connectivity index (χ4v) is 8.41. The molecule has 0 spiro atoms. The number of halogens is 5. The molecule has 6 radical (unpaired) electrons. The third kappa shape index (κ3) is 4.71. The molecule has 7 nitrogen and oxygen atoms in total. The first-order chi connectivity index (χ1) is 19.0. The zero-order valence-corrected chi connectivity index (χ0v) is 22.4. The number of hydrogen-bond acceptors (Lipinski definition) is 6. The van der Waals surface area contributed by atoms with E-state index in [-0.39, 0.29) is 55.1 Å². The van der Waals surface area contributed by atoms with Gasteiger partial charge >= 0.3 is 33.5 Å². The van der Waals surface area contributed by atoms with E-state index < -0.39 is 62.9 Å². The maximum atomic E-state index is 14.1. The van der Waals surface area contributed by atoms with Crippen LogP contribution in [0.3, 0.4) is 0 Å². The quantitative estimate of drug-likeness (QED) is 0.203. The number of carbonyl (C=O) groups excluding carboxylic acids is 2. The molecule has 0 aromatic heterocycles. The topological polar surface area (TPSA) is 107 Å². The van der Waals surface area contributed by atoms with E-state index in [9.17, 15) is 40.0 Å². The van der Waals surface area contributed by atoms with Crippen LogP contribution in [0.25, 0.3) is 0 Å². The highest BCUT2D eigenvalue weighted by molar-refractivity contribution is 7.86. The largest absolute Gasteiger partial charge is 0.455 e. The highest BCUT2D eigenvalue weighted by Gasteiger charge is 2.73. The Labute approximate surface area is 237 Å². The summed E-state index contributed by atoms with van der Waals surface area (Å²) in [6.07, 6.45) is -9.06. The Bertz CT molecular complexity index is 1370. The lowest BCUT2D eigenvalue weighted by Crippen LogP contribution is -2.72. The molecule has 0 aliphatic heterocycles. The normalized spacial score (nSPS) is 32.7. The number of carbonyl (C=O) groups is 2. The first-order valence-corrected chi connectivity index (χ1v) is 14.5. The van der Waals surface area contributed by atoms with Crippen LogP contribution in [0.5, 0.6) is 0 Å². The minimum atomic E-state index is -6.56. The molecule has 0 heterocycles. The smallest absolute Gasteiger partial charge is 0.432 e. The molecule has 6 aliphatic rings. The SMILES string of the molecule is [B]Cc1cc(C[B])c(C[B])c(C(=O)OC23CC4CC5C(CC52)C(C3)C4C(=O)OC(C(F)(F)F)C(F)(F)S(=O)(=O)O)c1. The first kappa shape index (κ1) is 30.4. The summed E-state index contributed by atoms with van der Waals surface area (Å²) in [5, 5.41) is -5.81. The molecule has 1 aromatic carbocycles. The molecular formula is C25H24B3F5O7S. The molecule has 6 bridgehead atoms. The van der Waals surface area contributed by atoms with E-state index >= 15 is 0 Å². The summed E-state index contributed by atoms with van der Waals surface area (Å²) in [5.74, 6) is -4.95. The predicted molar refractivity (Wildman–Crippen MR) is 135 cm³/mol. The first-order valence-electron chi connectivity index (χ1n) is 13.1. The third-order valence-electron chi connectivity index (χ3n) is 9.58. The molecule has 8 unspecified atom stereocenters. The van der Waals surface area contributed by atoms with Gasteiger partial charge in [0, 0.05) is 5.92 Å². The number of rotatable bonds is 9. The van der Waals surface area contributed by atoms with Gasteiger partial charge in [0.2, 0.25) is 0 Å². The van der Waals surface area contributed by atoms with Crippen molar-refractivity contribution in [2.75, 3.05) is 0 Å². The van der Waals surface area contributed by atoms with Crippen molar-refractivity contribution in [3.05, 3.63) is 34.4 Å². The summed E-state index contributed by atoms with van der Waals surface area (Å²) in [4.78, 5) is 26.6. The van der Waals surface area contributed by atoms with Crippen molar-refractivity contribution < 1.29 is 54.0 Å². The van der Waals surface area contributed by atoms with Gasteiger partial charge < -0.3 is 9.47 Å². The Kier molecular flexibility index (Phi) is 7.40. The Hall–Kier alpha value is -2.09. The van der Waals surface area contributed by atoms with Gasteiger partial charge in [-0.1, -0.05) is 36.2 Å². The van der Waals surface area contributed by atoms with Crippen LogP contribution in [0, 0.1) is 35.5 Å². The fourth-order valence-electron chi connectivity index (χ4n) is 7.95. The lowest BCUT2D eigenvalue weighted by molar-refractivity contribution is -0.289. The van der Waals surface area contributed by atoms with E-state index in [2.05, 4.69) is 4.74 Å². The van der Waals surface area contributed by atoms with Gasteiger partial charge in [0.15, 0.2) is 0 Å². The second-order valence-corrected chi connectivity index (χ2v) is 13.0. The van der Waals surface area contributed by atoms with Gasteiger partial charge in [0.25, 0.3) is 6.10 Å². The molecule has 8 atom stereocenters. The van der Waals surface area contributed by atoms with Gasteiger partial charge in [-0.25, -0.2) is 4.79 Å². The molecule has 6 saturated carbocycles. The van der Waals surface area contributed by atoms with Crippen LogP contribution in [0.1, 0.15) is 52.7 Å². The molecule has 7 rings (SSSR count). The lowest BCUT2D eigenvalue weighted by atomic mass is 9.35. The number of esters is 2. The number of alkyl halides is 5. The van der Waals surface area contributed by atoms with Crippen molar-refractivity contribution >= 4 is 45.6 Å². The molecule has 0 amide bonds. The van der Waals surface area contributed by atoms with Crippen molar-refractivity contribution in [1.82, 2.24) is 0 Å². The summed E-state index contributed by atoms with van der Waals surface area (Å²) in [6, 6.07) is 3.32. The Balaban J connectivity index is 1.41. The van der Waals surface area contributed by atoms with Gasteiger partial charge in [-0.05, 0) is 61.0 Å². The zero-order chi connectivity index (χ0) is 30.3. The predicted octanol–water partition coefficient (Wildman–Crippen LogP) is 2.85. The van der Waals surface area contributed by atoms with E-state index in [1.54, 1.807) is 12.1 Å². The second-order valence-electron chi connectivity index (χ2n) is 11.5. The maximum absolute atomic E-state index is 14.1. The van der Waals surface area contributed by atoms with Crippen molar-refractivity contribution in [3.63, 3.8) is 0 Å². The number of benzene rings is 1. The summed E-state index contributed by atoms with van der Waals surface area (Å²) < 4.78 is 110. The molecule has 41 heavy (non-hydrogen) atoms. The minimum absolute atomic E-state index is 0.00330. The van der Waals surface area contributed by atoms with Crippen molar-refractivity contribution in [2.24, 2.45) is 35.5 Å². The van der Waals surface area contributed by atoms with E-state index in [1.165, 1.54) is 0 Å². The van der Waals surface area contributed by atoms with E-state index in [1.807, 2.05) is 0 Å². The highest BCUT2D eigenvalue weighted by atomic mass is 32.2. The van der Waals surface area contributed by atoms with Gasteiger partial charge in [-0.2, -0.15) is 30.4 Å². The van der Waals surface area contributed by atoms with Crippen LogP contribution in [-0.4, -0.2) is 71.6 Å². The number of hydrogen-bond donors (Lipinski definition) is 1. The third-order valence-corrected chi connectivity index (χ3v) is 10.5. The van der Waals surface area contributed by atoms with Crippen LogP contribution >= 0.6 is 0 Å². The monoisotopic (exact) mass is 596 g/mol. The molecule has 6 fully saturated rings. The number of ether oxygens (including phenoxy) is 2. The Morgan fingerprint density at radius 2 is 1.68 bits per heavy atom. The van der Waals surface area contributed by atoms with E-state index in [0.29, 0.717) is 29.5 Å². The second kappa shape index (κ2) is 9.99. The van der Waals surface area contributed by atoms with Gasteiger partial charge in [-0.15, -0.1) is 0 Å². The minimum Gasteiger partial charge on any atom is -0.455 e. The van der Waals surface area contributed by atoms with Gasteiger partial charge in [-0.3, -0.25) is 9.35 Å². The Morgan fingerprint density at radius 1 is 1.00 bits per heavy atom. The van der Waals surface area contributed by atoms with Crippen molar-refractivity contribution in [3.8, 4) is 0 Å². The van der Waals surface area contributed by atoms with Crippen molar-refractivity contribution in [2.45, 2.75) is 67.8 Å². The van der Waals surface area contributed by atoms with E-state index in [4.69, 9.17) is 32.8 Å². The van der Waals surface area contributed by atoms with Gasteiger partial charge in [0.1, 0.15) is 5.60 Å². The average Bonchev–Trinajstić information content (AvgIpc) is 2.86. The Morgan fingerprint density at radius 3 is 2.24 bits per heavy atom. The van der Waals surface area contributed by atoms with Crippen LogP contribution in [0.15, 0.2) is 12.1 Å². The summed E-state index contributed by atoms with van der Waals surface area (Å²) in [7, 11) is 10.9. The fraction of sp³-hybridized carbons (Fsp3) is 0.680. The highest BCUT2D eigenvalue weighted by Crippen LogP contribution is 2.72. The summed E-state index contributed by atoms with van der Waals surface area (Å²) >= 11 is 0. The van der Waals surface area contributed by atoms with Crippen LogP contribution in [-0.2, 0) is 43.3 Å². The zero-order valence-electron chi connectivity index (χ0n) is 21.6. The standard InChI is InChI=1S/C25H24B3F5O7S/c26-7-10-1-12(8-27)17(9-28)15(2-10)20(34)40-23-5-11-3-14-13(4-18(14)23)16(6-23)19(11)21(35)39-22(24(29,30)31)25(32,33)41(36,37)38/h1-2,11,13-14,16,18-19,22H,3-9H2,(H,36,37,38). The average molecular weight is 596 g/mol. The van der Waals surface area contributed by atoms with Crippen molar-refractivity contribution in [1.29, 1.82) is 0 Å². The van der Waals surface area contributed by atoms with Crippen LogP contribution in [0.4, 0.5) is 22.0 Å². The summed E-state index contributed by atoms with van der Waals surface area (Å²) in [6.45, 7) is 0. The molecule has 0 saturated heterocycles. The molecule has 16 heteroatoms. The maximum Gasteiger partial charge on any atom is 0.432 e. The molecule has 1 N–H and O–H groups in total. The molecule has 6 aliphatic carbocycles. The van der Waals surface area contributed by atoms with Crippen LogP contribution in [0.2, 0.25) is 0 Å². The molecule has 1 aromatic rings. The molecule has 216 valence electrons. The lowest BCUT2D eigenvalue weighted by Gasteiger charge is -2.72. The van der Waals surface area contributed by atoms with Gasteiger partial charge in [0.05, 0.1) is 35.0 Å². The summed E-state index contributed by atoms with van der Waals surface area (Å²) in [5.41, 5.74) is 0.910. The van der Waals surface area contributed by atoms with E-state index in [0.717, 1.165) is 0 Å². The molecular weight excluding hydrogens is 572 g/mol. The van der Waals surface area contributed by atoms with Crippen LogP contribution < -0.4 is 0 Å².